The van der Waals surface area contributed by atoms with Gasteiger partial charge in [-0.3, -0.25) is 4.79 Å². The zero-order valence-electron chi connectivity index (χ0n) is 13.4. The quantitative estimate of drug-likeness (QED) is 0.849. The van der Waals surface area contributed by atoms with Crippen molar-refractivity contribution in [1.29, 1.82) is 0 Å². The van der Waals surface area contributed by atoms with Gasteiger partial charge in [-0.15, -0.1) is 0 Å². The zero-order chi connectivity index (χ0) is 17.0. The van der Waals surface area contributed by atoms with E-state index < -0.39 is 5.82 Å². The molecule has 0 saturated carbocycles. The van der Waals surface area contributed by atoms with Crippen LogP contribution in [0.15, 0.2) is 36.4 Å². The average molecular weight is 319 g/mol. The van der Waals surface area contributed by atoms with Crippen LogP contribution in [0.2, 0.25) is 0 Å². The highest BCUT2D eigenvalue weighted by Crippen LogP contribution is 2.41. The number of hydrogen-bond acceptors (Lipinski definition) is 4. The monoisotopic (exact) mass is 319 g/mol. The van der Waals surface area contributed by atoms with Crippen LogP contribution >= 0.6 is 0 Å². The summed E-state index contributed by atoms with van der Waals surface area (Å²) in [5, 5.41) is 0. The molecule has 0 bridgehead atoms. The van der Waals surface area contributed by atoms with E-state index in [9.17, 15) is 9.18 Å². The molecule has 122 valence electrons. The normalized spacial score (nSPS) is 10.1. The van der Waals surface area contributed by atoms with Crippen LogP contribution in [-0.4, -0.2) is 34.3 Å². The standard InChI is InChI=1S/C17H18FNO4/c1-19(17(20)11-5-7-12(18)8-6-11)13-9-14(21-2)16(23-4)15(10-13)22-3/h5-10H,1-4H3. The Balaban J connectivity index is 2.40. The number of nitrogens with zero attached hydrogens (tertiary/aromatic N) is 1. The summed E-state index contributed by atoms with van der Waals surface area (Å²) in [6.45, 7) is 0. The van der Waals surface area contributed by atoms with Crippen LogP contribution in [0.1, 0.15) is 10.4 Å². The summed E-state index contributed by atoms with van der Waals surface area (Å²) in [7, 11) is 6.13. The first-order valence-electron chi connectivity index (χ1n) is 6.85. The van der Waals surface area contributed by atoms with E-state index >= 15 is 0 Å². The Hall–Kier alpha value is -2.76. The van der Waals surface area contributed by atoms with Crippen molar-refractivity contribution in [2.24, 2.45) is 0 Å². The molecule has 2 rings (SSSR count). The van der Waals surface area contributed by atoms with Gasteiger partial charge >= 0.3 is 0 Å². The van der Waals surface area contributed by atoms with Crippen molar-refractivity contribution in [1.82, 2.24) is 0 Å². The van der Waals surface area contributed by atoms with E-state index in [2.05, 4.69) is 0 Å². The number of halogens is 1. The predicted molar refractivity (Wildman–Crippen MR) is 85.2 cm³/mol. The molecule has 0 aliphatic carbocycles. The van der Waals surface area contributed by atoms with Crippen LogP contribution in [0.3, 0.4) is 0 Å². The van der Waals surface area contributed by atoms with Crippen LogP contribution in [0.25, 0.3) is 0 Å². The molecule has 0 saturated heterocycles. The number of ether oxygens (including phenoxy) is 3. The lowest BCUT2D eigenvalue weighted by atomic mass is 10.1. The second-order valence-corrected chi connectivity index (χ2v) is 4.75. The van der Waals surface area contributed by atoms with Crippen molar-refractivity contribution >= 4 is 11.6 Å². The summed E-state index contributed by atoms with van der Waals surface area (Å²) in [4.78, 5) is 13.9. The molecule has 2 aromatic rings. The molecule has 0 spiro atoms. The molecule has 2 aromatic carbocycles. The maximum absolute atomic E-state index is 13.0. The number of rotatable bonds is 5. The van der Waals surface area contributed by atoms with Gasteiger partial charge in [0.1, 0.15) is 5.82 Å². The Bertz CT molecular complexity index is 675. The van der Waals surface area contributed by atoms with E-state index in [-0.39, 0.29) is 5.91 Å². The summed E-state index contributed by atoms with van der Waals surface area (Å²) < 4.78 is 28.8. The van der Waals surface area contributed by atoms with Crippen molar-refractivity contribution < 1.29 is 23.4 Å². The molecule has 0 atom stereocenters. The highest BCUT2D eigenvalue weighted by atomic mass is 19.1. The second kappa shape index (κ2) is 7.00. The van der Waals surface area contributed by atoms with E-state index in [1.165, 1.54) is 50.5 Å². The Morgan fingerprint density at radius 2 is 1.48 bits per heavy atom. The van der Waals surface area contributed by atoms with E-state index in [1.807, 2.05) is 0 Å². The molecule has 0 unspecified atom stereocenters. The van der Waals surface area contributed by atoms with Gasteiger partial charge in [0.05, 0.1) is 27.0 Å². The molecular weight excluding hydrogens is 301 g/mol. The highest BCUT2D eigenvalue weighted by molar-refractivity contribution is 6.06. The van der Waals surface area contributed by atoms with Crippen molar-refractivity contribution in [3.8, 4) is 17.2 Å². The number of carbonyl (C=O) groups excluding carboxylic acids is 1. The first-order valence-corrected chi connectivity index (χ1v) is 6.85. The third-order valence-electron chi connectivity index (χ3n) is 3.43. The molecular formula is C17H18FNO4. The Morgan fingerprint density at radius 3 is 1.91 bits per heavy atom. The summed E-state index contributed by atoms with van der Waals surface area (Å²) in [5.74, 6) is 0.666. The Labute approximate surface area is 134 Å². The number of anilines is 1. The maximum Gasteiger partial charge on any atom is 0.258 e. The third kappa shape index (κ3) is 3.36. The maximum atomic E-state index is 13.0. The van der Waals surface area contributed by atoms with Crippen LogP contribution < -0.4 is 19.1 Å². The minimum atomic E-state index is -0.392. The topological polar surface area (TPSA) is 48.0 Å². The van der Waals surface area contributed by atoms with Crippen LogP contribution in [0, 0.1) is 5.82 Å². The van der Waals surface area contributed by atoms with E-state index in [1.54, 1.807) is 19.2 Å². The fraction of sp³-hybridized carbons (Fsp3) is 0.235. The fourth-order valence-corrected chi connectivity index (χ4v) is 2.16. The summed E-state index contributed by atoms with van der Waals surface area (Å²) in [6.07, 6.45) is 0. The number of methoxy groups -OCH3 is 3. The number of amides is 1. The Morgan fingerprint density at radius 1 is 0.957 bits per heavy atom. The number of carbonyl (C=O) groups is 1. The predicted octanol–water partition coefficient (Wildman–Crippen LogP) is 3.13. The average Bonchev–Trinajstić information content (AvgIpc) is 2.59. The van der Waals surface area contributed by atoms with Crippen molar-refractivity contribution in [2.45, 2.75) is 0 Å². The minimum absolute atomic E-state index is 0.278. The SMILES string of the molecule is COc1cc(N(C)C(=O)c2ccc(F)cc2)cc(OC)c1OC. The zero-order valence-corrected chi connectivity index (χ0v) is 13.4. The van der Waals surface area contributed by atoms with E-state index in [0.717, 1.165) is 0 Å². The molecule has 0 heterocycles. The van der Waals surface area contributed by atoms with Crippen molar-refractivity contribution in [3.63, 3.8) is 0 Å². The molecule has 0 radical (unpaired) electrons. The molecule has 0 aliphatic heterocycles. The first kappa shape index (κ1) is 16.6. The number of hydrogen-bond donors (Lipinski definition) is 0. The smallest absolute Gasteiger partial charge is 0.258 e. The summed E-state index contributed by atoms with van der Waals surface area (Å²) in [6, 6.07) is 8.70. The minimum Gasteiger partial charge on any atom is -0.493 e. The van der Waals surface area contributed by atoms with E-state index in [0.29, 0.717) is 28.5 Å². The highest BCUT2D eigenvalue weighted by Gasteiger charge is 2.19. The van der Waals surface area contributed by atoms with Crippen molar-refractivity contribution in [3.05, 3.63) is 47.8 Å². The molecule has 5 nitrogen and oxygen atoms in total. The molecule has 0 aliphatic rings. The lowest BCUT2D eigenvalue weighted by Crippen LogP contribution is -2.26. The van der Waals surface area contributed by atoms with Gasteiger partial charge in [-0.25, -0.2) is 4.39 Å². The number of benzene rings is 2. The van der Waals surface area contributed by atoms with E-state index in [4.69, 9.17) is 14.2 Å². The van der Waals surface area contributed by atoms with Gasteiger partial charge in [0, 0.05) is 24.7 Å². The van der Waals surface area contributed by atoms with Gasteiger partial charge in [0.2, 0.25) is 5.75 Å². The lowest BCUT2D eigenvalue weighted by molar-refractivity contribution is 0.0993. The van der Waals surface area contributed by atoms with Gasteiger partial charge in [-0.2, -0.15) is 0 Å². The van der Waals surface area contributed by atoms with Gasteiger partial charge < -0.3 is 19.1 Å². The van der Waals surface area contributed by atoms with Crippen LogP contribution in [0.5, 0.6) is 17.2 Å². The summed E-state index contributed by atoms with van der Waals surface area (Å²) >= 11 is 0. The lowest BCUT2D eigenvalue weighted by Gasteiger charge is -2.21. The molecule has 0 fully saturated rings. The Kier molecular flexibility index (Phi) is 5.05. The van der Waals surface area contributed by atoms with Gasteiger partial charge in [-0.1, -0.05) is 0 Å². The first-order chi connectivity index (χ1) is 11.0. The van der Waals surface area contributed by atoms with Gasteiger partial charge in [0.15, 0.2) is 11.5 Å². The van der Waals surface area contributed by atoms with Gasteiger partial charge in [0.25, 0.3) is 5.91 Å². The molecule has 6 heteroatoms. The van der Waals surface area contributed by atoms with Gasteiger partial charge in [-0.05, 0) is 24.3 Å². The molecule has 23 heavy (non-hydrogen) atoms. The second-order valence-electron chi connectivity index (χ2n) is 4.75. The molecule has 1 amide bonds. The van der Waals surface area contributed by atoms with Crippen LogP contribution in [0.4, 0.5) is 10.1 Å². The summed E-state index contributed by atoms with van der Waals surface area (Å²) in [5.41, 5.74) is 0.941. The molecule has 0 aromatic heterocycles. The fourth-order valence-electron chi connectivity index (χ4n) is 2.16. The van der Waals surface area contributed by atoms with Crippen LogP contribution in [-0.2, 0) is 0 Å². The third-order valence-corrected chi connectivity index (χ3v) is 3.43. The van der Waals surface area contributed by atoms with Crippen molar-refractivity contribution in [2.75, 3.05) is 33.3 Å². The largest absolute Gasteiger partial charge is 0.493 e. The molecule has 0 N–H and O–H groups in total.